The van der Waals surface area contributed by atoms with E-state index in [9.17, 15) is 9.59 Å². The summed E-state index contributed by atoms with van der Waals surface area (Å²) in [5.74, 6) is -0.103. The molecule has 130 valence electrons. The van der Waals surface area contributed by atoms with Gasteiger partial charge in [-0.05, 0) is 11.1 Å². The maximum absolute atomic E-state index is 12.6. The summed E-state index contributed by atoms with van der Waals surface area (Å²) in [6, 6.07) is 19.5. The number of nitrogens with zero attached hydrogens (tertiary/aromatic N) is 2. The first kappa shape index (κ1) is 17.2. The van der Waals surface area contributed by atoms with E-state index in [1.165, 1.54) is 5.56 Å². The van der Waals surface area contributed by atoms with Crippen LogP contribution in [0.1, 0.15) is 11.1 Å². The van der Waals surface area contributed by atoms with Gasteiger partial charge < -0.3 is 10.2 Å². The Morgan fingerprint density at radius 3 is 2.28 bits per heavy atom. The molecule has 1 fully saturated rings. The molecule has 1 aliphatic rings. The van der Waals surface area contributed by atoms with Gasteiger partial charge in [0.2, 0.25) is 12.3 Å². The Balaban J connectivity index is 1.60. The quantitative estimate of drug-likeness (QED) is 0.816. The number of nitrogens with one attached hydrogen (secondary N) is 1. The molecule has 25 heavy (non-hydrogen) atoms. The van der Waals surface area contributed by atoms with E-state index in [0.717, 1.165) is 25.1 Å². The molecule has 1 N–H and O–H groups in total. The minimum absolute atomic E-state index is 0.103. The van der Waals surface area contributed by atoms with Crippen molar-refractivity contribution in [1.29, 1.82) is 0 Å². The topological polar surface area (TPSA) is 52.7 Å². The van der Waals surface area contributed by atoms with Gasteiger partial charge in [-0.3, -0.25) is 14.5 Å². The van der Waals surface area contributed by atoms with Crippen LogP contribution in [0.25, 0.3) is 0 Å². The molecule has 5 heteroatoms. The summed E-state index contributed by atoms with van der Waals surface area (Å²) in [6.07, 6.45) is 0.784. The van der Waals surface area contributed by atoms with Crippen molar-refractivity contribution < 1.29 is 9.59 Å². The van der Waals surface area contributed by atoms with Crippen LogP contribution in [0.15, 0.2) is 60.7 Å². The standard InChI is InChI=1S/C20H23N3O2/c24-16-23-12-11-22(14-18-9-5-2-6-10-18)15-19(23)20(25)21-13-17-7-3-1-4-8-17/h1-10,16,19H,11-15H2,(H,21,25). The van der Waals surface area contributed by atoms with Gasteiger partial charge in [0, 0.05) is 32.7 Å². The van der Waals surface area contributed by atoms with Crippen molar-refractivity contribution in [2.24, 2.45) is 0 Å². The average Bonchev–Trinajstić information content (AvgIpc) is 2.67. The Bertz CT molecular complexity index is 691. The zero-order valence-electron chi connectivity index (χ0n) is 14.2. The smallest absolute Gasteiger partial charge is 0.244 e. The molecule has 0 saturated carbocycles. The molecular formula is C20H23N3O2. The normalized spacial score (nSPS) is 17.9. The first-order valence-corrected chi connectivity index (χ1v) is 8.55. The Morgan fingerprint density at radius 2 is 1.64 bits per heavy atom. The fourth-order valence-electron chi connectivity index (χ4n) is 3.10. The van der Waals surface area contributed by atoms with Gasteiger partial charge in [-0.2, -0.15) is 0 Å². The van der Waals surface area contributed by atoms with Crippen LogP contribution in [0.3, 0.4) is 0 Å². The molecule has 3 rings (SSSR count). The SMILES string of the molecule is O=CN1CCN(Cc2ccccc2)CC1C(=O)NCc1ccccc1. The summed E-state index contributed by atoms with van der Waals surface area (Å²) in [7, 11) is 0. The zero-order chi connectivity index (χ0) is 17.5. The molecule has 0 aromatic heterocycles. The van der Waals surface area contributed by atoms with Crippen LogP contribution in [0, 0.1) is 0 Å². The number of amides is 2. The largest absolute Gasteiger partial charge is 0.350 e. The van der Waals surface area contributed by atoms with Crippen LogP contribution in [-0.4, -0.2) is 47.8 Å². The molecule has 1 atom stereocenters. The van der Waals surface area contributed by atoms with Crippen LogP contribution in [0.2, 0.25) is 0 Å². The molecule has 0 bridgehead atoms. The average molecular weight is 337 g/mol. The molecule has 1 unspecified atom stereocenters. The molecule has 1 aliphatic heterocycles. The first-order chi connectivity index (χ1) is 12.3. The maximum atomic E-state index is 12.6. The Morgan fingerprint density at radius 1 is 1.00 bits per heavy atom. The Kier molecular flexibility index (Phi) is 5.80. The molecule has 0 aliphatic carbocycles. The third kappa shape index (κ3) is 4.67. The third-order valence-electron chi connectivity index (χ3n) is 4.50. The van der Waals surface area contributed by atoms with E-state index in [1.807, 2.05) is 48.5 Å². The predicted molar refractivity (Wildman–Crippen MR) is 96.6 cm³/mol. The zero-order valence-corrected chi connectivity index (χ0v) is 14.2. The van der Waals surface area contributed by atoms with Gasteiger partial charge in [-0.15, -0.1) is 0 Å². The molecule has 2 amide bonds. The molecule has 2 aromatic rings. The number of hydrogen-bond acceptors (Lipinski definition) is 3. The van der Waals surface area contributed by atoms with Crippen molar-refractivity contribution in [3.05, 3.63) is 71.8 Å². The number of benzene rings is 2. The Labute approximate surface area is 148 Å². The van der Waals surface area contributed by atoms with Gasteiger partial charge >= 0.3 is 0 Å². The Hall–Kier alpha value is -2.66. The number of rotatable bonds is 6. The van der Waals surface area contributed by atoms with E-state index in [2.05, 4.69) is 22.3 Å². The van der Waals surface area contributed by atoms with E-state index in [1.54, 1.807) is 4.90 Å². The van der Waals surface area contributed by atoms with Crippen LogP contribution in [0.5, 0.6) is 0 Å². The van der Waals surface area contributed by atoms with Gasteiger partial charge in [0.15, 0.2) is 0 Å². The second-order valence-electron chi connectivity index (χ2n) is 6.28. The van der Waals surface area contributed by atoms with Gasteiger partial charge in [-0.1, -0.05) is 60.7 Å². The molecular weight excluding hydrogens is 314 g/mol. The lowest BCUT2D eigenvalue weighted by atomic mass is 10.1. The number of hydrogen-bond donors (Lipinski definition) is 1. The van der Waals surface area contributed by atoms with E-state index < -0.39 is 6.04 Å². The molecule has 0 spiro atoms. The van der Waals surface area contributed by atoms with Gasteiger partial charge in [0.1, 0.15) is 6.04 Å². The lowest BCUT2D eigenvalue weighted by molar-refractivity contribution is -0.136. The minimum Gasteiger partial charge on any atom is -0.350 e. The van der Waals surface area contributed by atoms with Crippen molar-refractivity contribution in [3.8, 4) is 0 Å². The summed E-state index contributed by atoms with van der Waals surface area (Å²) >= 11 is 0. The molecule has 1 saturated heterocycles. The highest BCUT2D eigenvalue weighted by Gasteiger charge is 2.31. The van der Waals surface area contributed by atoms with Crippen molar-refractivity contribution in [2.75, 3.05) is 19.6 Å². The summed E-state index contributed by atoms with van der Waals surface area (Å²) in [4.78, 5) is 27.8. The number of piperazine rings is 1. The molecule has 2 aromatic carbocycles. The number of carbonyl (C=O) groups is 2. The van der Waals surface area contributed by atoms with Crippen LogP contribution >= 0.6 is 0 Å². The van der Waals surface area contributed by atoms with Crippen molar-refractivity contribution in [1.82, 2.24) is 15.1 Å². The fraction of sp³-hybridized carbons (Fsp3) is 0.300. The monoisotopic (exact) mass is 337 g/mol. The van der Waals surface area contributed by atoms with Crippen molar-refractivity contribution in [2.45, 2.75) is 19.1 Å². The van der Waals surface area contributed by atoms with E-state index in [4.69, 9.17) is 0 Å². The maximum Gasteiger partial charge on any atom is 0.244 e. The molecule has 5 nitrogen and oxygen atoms in total. The summed E-state index contributed by atoms with van der Waals surface area (Å²) < 4.78 is 0. The highest BCUT2D eigenvalue weighted by molar-refractivity contribution is 5.84. The van der Waals surface area contributed by atoms with E-state index in [-0.39, 0.29) is 5.91 Å². The second-order valence-corrected chi connectivity index (χ2v) is 6.28. The van der Waals surface area contributed by atoms with E-state index in [0.29, 0.717) is 19.6 Å². The second kappa shape index (κ2) is 8.44. The fourth-order valence-corrected chi connectivity index (χ4v) is 3.10. The lowest BCUT2D eigenvalue weighted by Gasteiger charge is -2.38. The summed E-state index contributed by atoms with van der Waals surface area (Å²) in [5, 5.41) is 2.95. The summed E-state index contributed by atoms with van der Waals surface area (Å²) in [6.45, 7) is 3.15. The van der Waals surface area contributed by atoms with Crippen LogP contribution in [-0.2, 0) is 22.7 Å². The number of carbonyl (C=O) groups excluding carboxylic acids is 2. The van der Waals surface area contributed by atoms with Gasteiger partial charge in [-0.25, -0.2) is 0 Å². The van der Waals surface area contributed by atoms with Crippen LogP contribution in [0.4, 0.5) is 0 Å². The minimum atomic E-state index is -0.446. The lowest BCUT2D eigenvalue weighted by Crippen LogP contribution is -2.58. The van der Waals surface area contributed by atoms with E-state index >= 15 is 0 Å². The van der Waals surface area contributed by atoms with Gasteiger partial charge in [0.05, 0.1) is 0 Å². The first-order valence-electron chi connectivity index (χ1n) is 8.55. The molecule has 1 heterocycles. The highest BCUT2D eigenvalue weighted by atomic mass is 16.2. The highest BCUT2D eigenvalue weighted by Crippen LogP contribution is 2.12. The third-order valence-corrected chi connectivity index (χ3v) is 4.50. The van der Waals surface area contributed by atoms with Crippen molar-refractivity contribution >= 4 is 12.3 Å². The van der Waals surface area contributed by atoms with Gasteiger partial charge in [0.25, 0.3) is 0 Å². The molecule has 0 radical (unpaired) electrons. The summed E-state index contributed by atoms with van der Waals surface area (Å²) in [5.41, 5.74) is 2.26. The predicted octanol–water partition coefficient (Wildman–Crippen LogP) is 1.65. The van der Waals surface area contributed by atoms with Crippen LogP contribution < -0.4 is 5.32 Å². The van der Waals surface area contributed by atoms with Crippen molar-refractivity contribution in [3.63, 3.8) is 0 Å².